The molecule has 0 unspecified atom stereocenters. The molecule has 1 aromatic rings. The SMILES string of the molecule is COc1ccc(CC(=O)N2CCC[C@H]2CN2CCCC2)cc1OC. The third kappa shape index (κ3) is 3.83. The fourth-order valence-electron chi connectivity index (χ4n) is 3.88. The summed E-state index contributed by atoms with van der Waals surface area (Å²) in [6, 6.07) is 6.11. The summed E-state index contributed by atoms with van der Waals surface area (Å²) in [5, 5.41) is 0. The van der Waals surface area contributed by atoms with Gasteiger partial charge in [-0.1, -0.05) is 6.07 Å². The van der Waals surface area contributed by atoms with Crippen LogP contribution in [0.2, 0.25) is 0 Å². The smallest absolute Gasteiger partial charge is 0.227 e. The zero-order chi connectivity index (χ0) is 16.9. The van der Waals surface area contributed by atoms with Gasteiger partial charge in [-0.25, -0.2) is 0 Å². The van der Waals surface area contributed by atoms with Crippen LogP contribution < -0.4 is 9.47 Å². The van der Waals surface area contributed by atoms with Crippen LogP contribution in [-0.4, -0.2) is 62.1 Å². The lowest BCUT2D eigenvalue weighted by Gasteiger charge is -2.28. The van der Waals surface area contributed by atoms with Crippen LogP contribution in [0.4, 0.5) is 0 Å². The zero-order valence-electron chi connectivity index (χ0n) is 14.8. The molecule has 0 spiro atoms. The second kappa shape index (κ2) is 7.88. The van der Waals surface area contributed by atoms with Crippen LogP contribution in [0.25, 0.3) is 0 Å². The van der Waals surface area contributed by atoms with E-state index < -0.39 is 0 Å². The molecule has 0 aliphatic carbocycles. The highest BCUT2D eigenvalue weighted by atomic mass is 16.5. The fraction of sp³-hybridized carbons (Fsp3) is 0.632. The van der Waals surface area contributed by atoms with E-state index in [0.29, 0.717) is 24.0 Å². The standard InChI is InChI=1S/C19H28N2O3/c1-23-17-8-7-15(12-18(17)24-2)13-19(22)21-11-5-6-16(21)14-20-9-3-4-10-20/h7-8,12,16H,3-6,9-11,13-14H2,1-2H3/t16-/m0/s1. The Hall–Kier alpha value is -1.75. The van der Waals surface area contributed by atoms with E-state index in [4.69, 9.17) is 9.47 Å². The van der Waals surface area contributed by atoms with Gasteiger partial charge in [0.15, 0.2) is 11.5 Å². The Balaban J connectivity index is 1.63. The molecule has 1 amide bonds. The van der Waals surface area contributed by atoms with Gasteiger partial charge in [0.2, 0.25) is 5.91 Å². The molecule has 2 fully saturated rings. The molecule has 3 rings (SSSR count). The first-order chi connectivity index (χ1) is 11.7. The Kier molecular flexibility index (Phi) is 5.61. The van der Waals surface area contributed by atoms with E-state index in [1.165, 1.54) is 25.9 Å². The highest BCUT2D eigenvalue weighted by molar-refractivity contribution is 5.79. The molecule has 1 aromatic carbocycles. The molecular weight excluding hydrogens is 304 g/mol. The molecule has 0 N–H and O–H groups in total. The van der Waals surface area contributed by atoms with Gasteiger partial charge in [-0.05, 0) is 56.5 Å². The first-order valence-corrected chi connectivity index (χ1v) is 8.94. The van der Waals surface area contributed by atoms with Gasteiger partial charge in [-0.3, -0.25) is 4.79 Å². The molecule has 0 radical (unpaired) electrons. The van der Waals surface area contributed by atoms with Crippen molar-refractivity contribution in [3.63, 3.8) is 0 Å². The largest absolute Gasteiger partial charge is 0.493 e. The van der Waals surface area contributed by atoms with Gasteiger partial charge < -0.3 is 19.3 Å². The Morgan fingerprint density at radius 3 is 2.54 bits per heavy atom. The lowest BCUT2D eigenvalue weighted by molar-refractivity contribution is -0.131. The molecule has 5 heteroatoms. The summed E-state index contributed by atoms with van der Waals surface area (Å²) in [7, 11) is 3.24. The number of rotatable bonds is 6. The number of ether oxygens (including phenoxy) is 2. The summed E-state index contributed by atoms with van der Waals surface area (Å²) in [6.07, 6.45) is 5.28. The van der Waals surface area contributed by atoms with E-state index in [1.54, 1.807) is 14.2 Å². The maximum Gasteiger partial charge on any atom is 0.227 e. The maximum atomic E-state index is 12.8. The van der Waals surface area contributed by atoms with Gasteiger partial charge in [0.1, 0.15) is 0 Å². The predicted molar refractivity (Wildman–Crippen MR) is 93.7 cm³/mol. The molecule has 24 heavy (non-hydrogen) atoms. The second-order valence-corrected chi connectivity index (χ2v) is 6.76. The van der Waals surface area contributed by atoms with Crippen molar-refractivity contribution in [1.29, 1.82) is 0 Å². The van der Waals surface area contributed by atoms with E-state index in [2.05, 4.69) is 9.80 Å². The number of nitrogens with zero attached hydrogens (tertiary/aromatic N) is 2. The normalized spacial score (nSPS) is 21.2. The Bertz CT molecular complexity index is 570. The van der Waals surface area contributed by atoms with E-state index in [1.807, 2.05) is 18.2 Å². The lowest BCUT2D eigenvalue weighted by atomic mass is 10.1. The monoisotopic (exact) mass is 332 g/mol. The summed E-state index contributed by atoms with van der Waals surface area (Å²) in [5.74, 6) is 1.60. The van der Waals surface area contributed by atoms with Crippen LogP contribution in [0.3, 0.4) is 0 Å². The Labute approximate surface area is 144 Å². The summed E-state index contributed by atoms with van der Waals surface area (Å²) in [4.78, 5) is 17.4. The first-order valence-electron chi connectivity index (χ1n) is 8.94. The molecular formula is C19H28N2O3. The molecule has 0 aromatic heterocycles. The molecule has 132 valence electrons. The van der Waals surface area contributed by atoms with Crippen molar-refractivity contribution in [3.8, 4) is 11.5 Å². The van der Waals surface area contributed by atoms with E-state index in [0.717, 1.165) is 31.5 Å². The summed E-state index contributed by atoms with van der Waals surface area (Å²) >= 11 is 0. The highest BCUT2D eigenvalue weighted by Crippen LogP contribution is 2.28. The van der Waals surface area contributed by atoms with Crippen molar-refractivity contribution < 1.29 is 14.3 Å². The number of methoxy groups -OCH3 is 2. The van der Waals surface area contributed by atoms with Gasteiger partial charge in [0.25, 0.3) is 0 Å². The average Bonchev–Trinajstić information content (AvgIpc) is 3.27. The van der Waals surface area contributed by atoms with Gasteiger partial charge in [-0.15, -0.1) is 0 Å². The van der Waals surface area contributed by atoms with Crippen molar-refractivity contribution in [3.05, 3.63) is 23.8 Å². The van der Waals surface area contributed by atoms with Crippen molar-refractivity contribution in [2.24, 2.45) is 0 Å². The van der Waals surface area contributed by atoms with Crippen LogP contribution in [0.15, 0.2) is 18.2 Å². The molecule has 2 aliphatic rings. The van der Waals surface area contributed by atoms with Crippen LogP contribution in [0.5, 0.6) is 11.5 Å². The quantitative estimate of drug-likeness (QED) is 0.802. The Morgan fingerprint density at radius 1 is 1.08 bits per heavy atom. The minimum absolute atomic E-state index is 0.226. The molecule has 0 saturated carbocycles. The van der Waals surface area contributed by atoms with Gasteiger partial charge >= 0.3 is 0 Å². The molecule has 2 heterocycles. The fourth-order valence-corrected chi connectivity index (χ4v) is 3.88. The third-order valence-corrected chi connectivity index (χ3v) is 5.17. The molecule has 1 atom stereocenters. The van der Waals surface area contributed by atoms with Gasteiger partial charge in [0.05, 0.1) is 20.6 Å². The lowest BCUT2D eigenvalue weighted by Crippen LogP contribution is -2.43. The van der Waals surface area contributed by atoms with Crippen LogP contribution in [0.1, 0.15) is 31.2 Å². The number of hydrogen-bond acceptors (Lipinski definition) is 4. The summed E-state index contributed by atoms with van der Waals surface area (Å²) in [6.45, 7) is 4.31. The molecule has 2 saturated heterocycles. The summed E-state index contributed by atoms with van der Waals surface area (Å²) < 4.78 is 10.6. The molecule has 0 bridgehead atoms. The van der Waals surface area contributed by atoms with Crippen molar-refractivity contribution in [1.82, 2.24) is 9.80 Å². The number of benzene rings is 1. The number of carbonyl (C=O) groups excluding carboxylic acids is 1. The molecule has 5 nitrogen and oxygen atoms in total. The number of amides is 1. The summed E-state index contributed by atoms with van der Waals surface area (Å²) in [5.41, 5.74) is 0.976. The van der Waals surface area contributed by atoms with E-state index in [-0.39, 0.29) is 5.91 Å². The third-order valence-electron chi connectivity index (χ3n) is 5.17. The van der Waals surface area contributed by atoms with Crippen molar-refractivity contribution >= 4 is 5.91 Å². The van der Waals surface area contributed by atoms with E-state index >= 15 is 0 Å². The molecule has 2 aliphatic heterocycles. The van der Waals surface area contributed by atoms with Crippen molar-refractivity contribution in [2.45, 2.75) is 38.1 Å². The maximum absolute atomic E-state index is 12.8. The van der Waals surface area contributed by atoms with Crippen molar-refractivity contribution in [2.75, 3.05) is 40.4 Å². The number of likely N-dealkylation sites (tertiary alicyclic amines) is 2. The van der Waals surface area contributed by atoms with Crippen LogP contribution >= 0.6 is 0 Å². The van der Waals surface area contributed by atoms with Gasteiger partial charge in [0, 0.05) is 19.1 Å². The van der Waals surface area contributed by atoms with Gasteiger partial charge in [-0.2, -0.15) is 0 Å². The Morgan fingerprint density at radius 2 is 1.83 bits per heavy atom. The average molecular weight is 332 g/mol. The number of hydrogen-bond donors (Lipinski definition) is 0. The topological polar surface area (TPSA) is 42.0 Å². The predicted octanol–water partition coefficient (Wildman–Crippen LogP) is 2.33. The minimum atomic E-state index is 0.226. The van der Waals surface area contributed by atoms with Crippen LogP contribution in [0, 0.1) is 0 Å². The second-order valence-electron chi connectivity index (χ2n) is 6.76. The van der Waals surface area contributed by atoms with E-state index in [9.17, 15) is 4.79 Å². The number of carbonyl (C=O) groups is 1. The highest BCUT2D eigenvalue weighted by Gasteiger charge is 2.30. The first kappa shape index (κ1) is 17.1. The van der Waals surface area contributed by atoms with Crippen LogP contribution in [-0.2, 0) is 11.2 Å². The zero-order valence-corrected chi connectivity index (χ0v) is 14.8. The minimum Gasteiger partial charge on any atom is -0.493 e.